The molecule has 0 spiro atoms. The van der Waals surface area contributed by atoms with Crippen molar-refractivity contribution in [2.45, 2.75) is 57.7 Å². The highest BCUT2D eigenvalue weighted by molar-refractivity contribution is 5.92. The van der Waals surface area contributed by atoms with Gasteiger partial charge in [-0.05, 0) is 37.8 Å². The average Bonchev–Trinajstić information content (AvgIpc) is 3.43. The Hall–Kier alpha value is -2.61. The molecule has 0 aromatic carbocycles. The van der Waals surface area contributed by atoms with E-state index in [2.05, 4.69) is 22.4 Å². The number of rotatable bonds is 6. The molecule has 2 aromatic heterocycles. The van der Waals surface area contributed by atoms with Gasteiger partial charge in [0.2, 0.25) is 5.91 Å². The van der Waals surface area contributed by atoms with E-state index in [9.17, 15) is 9.59 Å². The molecule has 29 heavy (non-hydrogen) atoms. The topological polar surface area (TPSA) is 100 Å². The van der Waals surface area contributed by atoms with E-state index in [4.69, 9.17) is 9.26 Å². The Balaban J connectivity index is 1.42. The minimum absolute atomic E-state index is 0.0658. The molecule has 3 atom stereocenters. The van der Waals surface area contributed by atoms with Gasteiger partial charge in [0.25, 0.3) is 5.91 Å². The monoisotopic (exact) mass is 400 g/mol. The lowest BCUT2D eigenvalue weighted by Crippen LogP contribution is -2.51. The Bertz CT molecular complexity index is 832. The van der Waals surface area contributed by atoms with E-state index in [1.54, 1.807) is 24.6 Å². The van der Waals surface area contributed by atoms with E-state index in [-0.39, 0.29) is 29.9 Å². The normalized spacial score (nSPS) is 24.2. The SMILES string of the molecule is CCCO[C@@H]1CC[C@H](C(=O)N2CCc3nocc3C2)C[C@H]1NC(=O)c1ccc[nH]1. The van der Waals surface area contributed by atoms with Gasteiger partial charge in [0.1, 0.15) is 12.0 Å². The Morgan fingerprint density at radius 1 is 1.41 bits per heavy atom. The molecule has 0 radical (unpaired) electrons. The highest BCUT2D eigenvalue weighted by atomic mass is 16.5. The van der Waals surface area contributed by atoms with Crippen LogP contribution in [0.3, 0.4) is 0 Å². The van der Waals surface area contributed by atoms with Crippen molar-refractivity contribution in [1.29, 1.82) is 0 Å². The summed E-state index contributed by atoms with van der Waals surface area (Å²) < 4.78 is 11.0. The molecule has 1 fully saturated rings. The van der Waals surface area contributed by atoms with Gasteiger partial charge in [0, 0.05) is 37.3 Å². The number of aromatic nitrogens is 2. The second-order valence-corrected chi connectivity index (χ2v) is 7.88. The van der Waals surface area contributed by atoms with Crippen molar-refractivity contribution < 1.29 is 18.8 Å². The summed E-state index contributed by atoms with van der Waals surface area (Å²) >= 11 is 0. The molecular weight excluding hydrogens is 372 g/mol. The van der Waals surface area contributed by atoms with Crippen LogP contribution >= 0.6 is 0 Å². The first-order chi connectivity index (χ1) is 14.2. The van der Waals surface area contributed by atoms with E-state index in [0.717, 1.165) is 36.9 Å². The van der Waals surface area contributed by atoms with Crippen LogP contribution in [0.15, 0.2) is 29.1 Å². The Labute approximate surface area is 170 Å². The van der Waals surface area contributed by atoms with Gasteiger partial charge in [-0.25, -0.2) is 0 Å². The molecule has 8 nitrogen and oxygen atoms in total. The molecular formula is C21H28N4O4. The fraction of sp³-hybridized carbons (Fsp3) is 0.571. The van der Waals surface area contributed by atoms with Crippen molar-refractivity contribution in [2.24, 2.45) is 5.92 Å². The molecule has 2 amide bonds. The number of carbonyl (C=O) groups is 2. The smallest absolute Gasteiger partial charge is 0.267 e. The zero-order chi connectivity index (χ0) is 20.2. The van der Waals surface area contributed by atoms with Crippen molar-refractivity contribution in [2.75, 3.05) is 13.2 Å². The number of nitrogens with zero attached hydrogens (tertiary/aromatic N) is 2. The second-order valence-electron chi connectivity index (χ2n) is 7.88. The predicted molar refractivity (Wildman–Crippen MR) is 105 cm³/mol. The number of amides is 2. The van der Waals surface area contributed by atoms with Crippen LogP contribution in [-0.4, -0.2) is 52.2 Å². The Kier molecular flexibility index (Phi) is 5.99. The minimum Gasteiger partial charge on any atom is -0.376 e. The third kappa shape index (κ3) is 4.37. The Morgan fingerprint density at radius 2 is 2.31 bits per heavy atom. The van der Waals surface area contributed by atoms with Gasteiger partial charge in [-0.15, -0.1) is 0 Å². The summed E-state index contributed by atoms with van der Waals surface area (Å²) in [6.45, 7) is 3.92. The maximum atomic E-state index is 13.2. The number of hydrogen-bond donors (Lipinski definition) is 2. The number of nitrogens with one attached hydrogen (secondary N) is 2. The molecule has 156 valence electrons. The van der Waals surface area contributed by atoms with Crippen LogP contribution in [0.1, 0.15) is 54.4 Å². The number of aromatic amines is 1. The van der Waals surface area contributed by atoms with Gasteiger partial charge >= 0.3 is 0 Å². The zero-order valence-corrected chi connectivity index (χ0v) is 16.7. The summed E-state index contributed by atoms with van der Waals surface area (Å²) in [5, 5.41) is 7.08. The highest BCUT2D eigenvalue weighted by Gasteiger charge is 2.38. The number of hydrogen-bond acceptors (Lipinski definition) is 5. The first-order valence-corrected chi connectivity index (χ1v) is 10.4. The fourth-order valence-electron chi connectivity index (χ4n) is 4.29. The third-order valence-corrected chi connectivity index (χ3v) is 5.85. The maximum absolute atomic E-state index is 13.2. The molecule has 0 saturated heterocycles. The summed E-state index contributed by atoms with van der Waals surface area (Å²) in [7, 11) is 0. The quantitative estimate of drug-likeness (QED) is 0.775. The first-order valence-electron chi connectivity index (χ1n) is 10.4. The molecule has 2 aliphatic rings. The summed E-state index contributed by atoms with van der Waals surface area (Å²) in [5.74, 6) is -0.137. The largest absolute Gasteiger partial charge is 0.376 e. The van der Waals surface area contributed by atoms with Gasteiger partial charge in [0.15, 0.2) is 0 Å². The zero-order valence-electron chi connectivity index (χ0n) is 16.7. The van der Waals surface area contributed by atoms with Gasteiger partial charge in [-0.2, -0.15) is 0 Å². The molecule has 3 heterocycles. The van der Waals surface area contributed by atoms with Crippen LogP contribution in [0, 0.1) is 5.92 Å². The Morgan fingerprint density at radius 3 is 3.10 bits per heavy atom. The molecule has 2 N–H and O–H groups in total. The van der Waals surface area contributed by atoms with Crippen molar-refractivity contribution >= 4 is 11.8 Å². The molecule has 4 rings (SSSR count). The van der Waals surface area contributed by atoms with Crippen LogP contribution in [0.2, 0.25) is 0 Å². The summed E-state index contributed by atoms with van der Waals surface area (Å²) in [5.41, 5.74) is 2.45. The van der Waals surface area contributed by atoms with Gasteiger partial charge < -0.3 is 24.5 Å². The molecule has 1 saturated carbocycles. The predicted octanol–water partition coefficient (Wildman–Crippen LogP) is 2.28. The molecule has 1 aliphatic heterocycles. The van der Waals surface area contributed by atoms with Crippen molar-refractivity contribution in [3.63, 3.8) is 0 Å². The lowest BCUT2D eigenvalue weighted by Gasteiger charge is -2.38. The van der Waals surface area contributed by atoms with Crippen molar-refractivity contribution in [1.82, 2.24) is 20.4 Å². The van der Waals surface area contributed by atoms with Gasteiger partial charge in [-0.3, -0.25) is 9.59 Å². The summed E-state index contributed by atoms with van der Waals surface area (Å²) in [6, 6.07) is 3.35. The van der Waals surface area contributed by atoms with Crippen molar-refractivity contribution in [3.8, 4) is 0 Å². The van der Waals surface area contributed by atoms with Crippen LogP contribution in [0.4, 0.5) is 0 Å². The van der Waals surface area contributed by atoms with Gasteiger partial charge in [0.05, 0.1) is 24.4 Å². The summed E-state index contributed by atoms with van der Waals surface area (Å²) in [4.78, 5) is 30.6. The maximum Gasteiger partial charge on any atom is 0.267 e. The van der Waals surface area contributed by atoms with E-state index >= 15 is 0 Å². The summed E-state index contributed by atoms with van der Waals surface area (Å²) in [6.07, 6.45) is 7.06. The molecule has 1 aliphatic carbocycles. The minimum atomic E-state index is -0.184. The van der Waals surface area contributed by atoms with Crippen LogP contribution < -0.4 is 5.32 Å². The van der Waals surface area contributed by atoms with Crippen molar-refractivity contribution in [3.05, 3.63) is 41.5 Å². The molecule has 8 heteroatoms. The molecule has 0 bridgehead atoms. The molecule has 0 unspecified atom stereocenters. The lowest BCUT2D eigenvalue weighted by atomic mass is 9.82. The van der Waals surface area contributed by atoms with E-state index in [1.807, 2.05) is 4.90 Å². The van der Waals surface area contributed by atoms with E-state index in [1.165, 1.54) is 0 Å². The average molecular weight is 400 g/mol. The number of fused-ring (bicyclic) bond motifs is 1. The number of H-pyrrole nitrogens is 1. The van der Waals surface area contributed by atoms with Gasteiger partial charge in [-0.1, -0.05) is 12.1 Å². The second kappa shape index (κ2) is 8.82. The van der Waals surface area contributed by atoms with Crippen LogP contribution in [-0.2, 0) is 22.5 Å². The first kappa shape index (κ1) is 19.7. The highest BCUT2D eigenvalue weighted by Crippen LogP contribution is 2.30. The fourth-order valence-corrected chi connectivity index (χ4v) is 4.29. The lowest BCUT2D eigenvalue weighted by molar-refractivity contribution is -0.139. The molecule has 2 aromatic rings. The number of ether oxygens (including phenoxy) is 1. The van der Waals surface area contributed by atoms with E-state index < -0.39 is 0 Å². The third-order valence-electron chi connectivity index (χ3n) is 5.85. The standard InChI is InChI=1S/C21H28N4O4/c1-2-10-28-19-6-5-14(11-18(19)23-20(26)17-4-3-8-22-17)21(27)25-9-7-16-15(12-25)13-29-24-16/h3-4,8,13-14,18-19,22H,2,5-7,9-12H2,1H3,(H,23,26)/t14-,18+,19+/m0/s1. The van der Waals surface area contributed by atoms with E-state index in [0.29, 0.717) is 31.8 Å². The van der Waals surface area contributed by atoms with Crippen LogP contribution in [0.5, 0.6) is 0 Å². The van der Waals surface area contributed by atoms with Crippen LogP contribution in [0.25, 0.3) is 0 Å². The number of carbonyl (C=O) groups excluding carboxylic acids is 2.